The molecule has 0 saturated carbocycles. The standard InChI is InChI=1S/C23H27N5O2/c1-25-14-19(12-24)22-8-10-26-15-18(22)4-7-23(29)28-20-5-2-17(3-6-20)13-27-21-9-11-30-16-21/h2-8,10,12,14-15,21,24-25,27H,9,11,13,16H2,1H3,(H,28,29)/b7-4+,19-14+,24-12?. The molecule has 1 aromatic carbocycles. The highest BCUT2D eigenvalue weighted by atomic mass is 16.5. The van der Waals surface area contributed by atoms with Gasteiger partial charge in [-0.05, 0) is 41.8 Å². The summed E-state index contributed by atoms with van der Waals surface area (Å²) >= 11 is 0. The number of hydrogen-bond acceptors (Lipinski definition) is 6. The van der Waals surface area contributed by atoms with Crippen molar-refractivity contribution < 1.29 is 9.53 Å². The van der Waals surface area contributed by atoms with Crippen molar-refractivity contribution in [1.82, 2.24) is 15.6 Å². The predicted molar refractivity (Wildman–Crippen MR) is 120 cm³/mol. The van der Waals surface area contributed by atoms with Crippen molar-refractivity contribution in [3.63, 3.8) is 0 Å². The number of anilines is 1. The van der Waals surface area contributed by atoms with E-state index in [-0.39, 0.29) is 5.91 Å². The number of hydrogen-bond donors (Lipinski definition) is 4. The molecule has 156 valence electrons. The molecule has 1 aliphatic rings. The fourth-order valence-corrected chi connectivity index (χ4v) is 3.17. The van der Waals surface area contributed by atoms with E-state index in [1.54, 1.807) is 31.7 Å². The summed E-state index contributed by atoms with van der Waals surface area (Å²) in [7, 11) is 1.78. The molecule has 4 N–H and O–H groups in total. The molecule has 1 fully saturated rings. The summed E-state index contributed by atoms with van der Waals surface area (Å²) in [4.78, 5) is 16.5. The number of benzene rings is 1. The van der Waals surface area contributed by atoms with Gasteiger partial charge in [-0.3, -0.25) is 9.78 Å². The molecule has 1 amide bonds. The minimum absolute atomic E-state index is 0.229. The Kier molecular flexibility index (Phi) is 7.88. The molecule has 2 aromatic rings. The van der Waals surface area contributed by atoms with Gasteiger partial charge in [-0.1, -0.05) is 12.1 Å². The Labute approximate surface area is 176 Å². The van der Waals surface area contributed by atoms with Crippen LogP contribution in [0.25, 0.3) is 11.6 Å². The Morgan fingerprint density at radius 1 is 1.30 bits per heavy atom. The van der Waals surface area contributed by atoms with Crippen LogP contribution in [-0.2, 0) is 16.1 Å². The first-order valence-corrected chi connectivity index (χ1v) is 9.91. The van der Waals surface area contributed by atoms with Gasteiger partial charge in [0.05, 0.1) is 6.61 Å². The zero-order chi connectivity index (χ0) is 21.2. The van der Waals surface area contributed by atoms with Crippen LogP contribution >= 0.6 is 0 Å². The maximum absolute atomic E-state index is 12.3. The van der Waals surface area contributed by atoms with E-state index in [9.17, 15) is 4.79 Å². The number of nitrogens with zero attached hydrogens (tertiary/aromatic N) is 1. The molecular weight excluding hydrogens is 378 g/mol. The van der Waals surface area contributed by atoms with Crippen molar-refractivity contribution in [2.24, 2.45) is 0 Å². The fourth-order valence-electron chi connectivity index (χ4n) is 3.17. The largest absolute Gasteiger partial charge is 0.393 e. The molecule has 0 spiro atoms. The predicted octanol–water partition coefficient (Wildman–Crippen LogP) is 2.82. The van der Waals surface area contributed by atoms with Crippen molar-refractivity contribution in [2.45, 2.75) is 19.0 Å². The second-order valence-corrected chi connectivity index (χ2v) is 6.96. The van der Waals surface area contributed by atoms with Gasteiger partial charge in [-0.25, -0.2) is 0 Å². The van der Waals surface area contributed by atoms with Crippen molar-refractivity contribution in [1.29, 1.82) is 5.41 Å². The average Bonchev–Trinajstić information content (AvgIpc) is 3.30. The third kappa shape index (κ3) is 6.10. The Morgan fingerprint density at radius 2 is 2.13 bits per heavy atom. The molecule has 7 heteroatoms. The van der Waals surface area contributed by atoms with E-state index in [4.69, 9.17) is 10.1 Å². The second-order valence-electron chi connectivity index (χ2n) is 6.96. The fraction of sp³-hybridized carbons (Fsp3) is 0.261. The molecule has 0 bridgehead atoms. The van der Waals surface area contributed by atoms with E-state index in [0.29, 0.717) is 11.6 Å². The Balaban J connectivity index is 1.58. The lowest BCUT2D eigenvalue weighted by Gasteiger charge is -2.11. The summed E-state index contributed by atoms with van der Waals surface area (Å²) in [6, 6.07) is 10.0. The lowest BCUT2D eigenvalue weighted by Crippen LogP contribution is -2.28. The SMILES string of the molecule is CN/C=C(\C=N)c1ccncc1/C=C/C(=O)Nc1ccc(CNC2CCOC2)cc1. The van der Waals surface area contributed by atoms with Crippen LogP contribution in [0.1, 0.15) is 23.1 Å². The number of rotatable bonds is 9. The van der Waals surface area contributed by atoms with Gasteiger partial charge in [0.1, 0.15) is 0 Å². The van der Waals surface area contributed by atoms with Crippen LogP contribution < -0.4 is 16.0 Å². The monoisotopic (exact) mass is 405 g/mol. The smallest absolute Gasteiger partial charge is 0.248 e. The maximum Gasteiger partial charge on any atom is 0.248 e. The summed E-state index contributed by atoms with van der Waals surface area (Å²) in [5.41, 5.74) is 4.18. The van der Waals surface area contributed by atoms with Crippen LogP contribution in [0.3, 0.4) is 0 Å². The Hall–Kier alpha value is -3.29. The van der Waals surface area contributed by atoms with Crippen LogP contribution in [0, 0.1) is 5.41 Å². The summed E-state index contributed by atoms with van der Waals surface area (Å²) in [5, 5.41) is 16.9. The first kappa shape index (κ1) is 21.4. The second kappa shape index (κ2) is 11.0. The average molecular weight is 406 g/mol. The quantitative estimate of drug-likeness (QED) is 0.380. The normalized spacial score (nSPS) is 16.6. The molecule has 30 heavy (non-hydrogen) atoms. The summed E-state index contributed by atoms with van der Waals surface area (Å²) in [5.74, 6) is -0.229. The zero-order valence-corrected chi connectivity index (χ0v) is 17.0. The minimum Gasteiger partial charge on any atom is -0.393 e. The van der Waals surface area contributed by atoms with E-state index in [1.807, 2.05) is 30.3 Å². The molecule has 1 aromatic heterocycles. The maximum atomic E-state index is 12.3. The molecule has 1 saturated heterocycles. The van der Waals surface area contributed by atoms with Crippen LogP contribution in [0.2, 0.25) is 0 Å². The van der Waals surface area contributed by atoms with Gasteiger partial charge in [-0.15, -0.1) is 0 Å². The van der Waals surface area contributed by atoms with Gasteiger partial charge in [-0.2, -0.15) is 0 Å². The molecule has 1 atom stereocenters. The van der Waals surface area contributed by atoms with Crippen LogP contribution in [0.5, 0.6) is 0 Å². The van der Waals surface area contributed by atoms with E-state index >= 15 is 0 Å². The van der Waals surface area contributed by atoms with Crippen molar-refractivity contribution in [3.8, 4) is 0 Å². The number of ether oxygens (including phenoxy) is 1. The van der Waals surface area contributed by atoms with E-state index in [0.717, 1.165) is 48.6 Å². The third-order valence-electron chi connectivity index (χ3n) is 4.78. The minimum atomic E-state index is -0.229. The number of allylic oxidation sites excluding steroid dienone is 1. The highest BCUT2D eigenvalue weighted by Crippen LogP contribution is 2.18. The van der Waals surface area contributed by atoms with Gasteiger partial charge in [0.2, 0.25) is 5.91 Å². The summed E-state index contributed by atoms with van der Waals surface area (Å²) in [6.45, 7) is 2.37. The number of carbonyl (C=O) groups is 1. The topological polar surface area (TPSA) is 99.1 Å². The van der Waals surface area contributed by atoms with Crippen LogP contribution in [0.4, 0.5) is 5.69 Å². The number of amides is 1. The molecule has 0 aliphatic carbocycles. The van der Waals surface area contributed by atoms with Gasteiger partial charge >= 0.3 is 0 Å². The van der Waals surface area contributed by atoms with Gasteiger partial charge < -0.3 is 26.1 Å². The molecule has 0 radical (unpaired) electrons. The van der Waals surface area contributed by atoms with Crippen molar-refractivity contribution in [2.75, 3.05) is 25.6 Å². The first-order chi connectivity index (χ1) is 14.7. The van der Waals surface area contributed by atoms with Crippen LogP contribution in [-0.4, -0.2) is 43.4 Å². The molecule has 1 aliphatic heterocycles. The summed E-state index contributed by atoms with van der Waals surface area (Å²) in [6.07, 6.45) is 10.5. The lowest BCUT2D eigenvalue weighted by molar-refractivity contribution is -0.111. The summed E-state index contributed by atoms with van der Waals surface area (Å²) < 4.78 is 5.36. The van der Waals surface area contributed by atoms with Gasteiger partial charge in [0.15, 0.2) is 0 Å². The van der Waals surface area contributed by atoms with E-state index in [1.165, 1.54) is 12.3 Å². The molecule has 2 heterocycles. The molecular formula is C23H27N5O2. The number of pyridine rings is 1. The third-order valence-corrected chi connectivity index (χ3v) is 4.78. The van der Waals surface area contributed by atoms with E-state index in [2.05, 4.69) is 20.9 Å². The van der Waals surface area contributed by atoms with Gasteiger partial charge in [0.25, 0.3) is 0 Å². The Bertz CT molecular complexity index is 915. The number of aromatic nitrogens is 1. The first-order valence-electron chi connectivity index (χ1n) is 9.91. The van der Waals surface area contributed by atoms with Crippen molar-refractivity contribution in [3.05, 3.63) is 71.7 Å². The van der Waals surface area contributed by atoms with E-state index < -0.39 is 0 Å². The highest BCUT2D eigenvalue weighted by Gasteiger charge is 2.14. The lowest BCUT2D eigenvalue weighted by atomic mass is 10.0. The Morgan fingerprint density at radius 3 is 2.83 bits per heavy atom. The van der Waals surface area contributed by atoms with Crippen LogP contribution in [0.15, 0.2) is 55.0 Å². The molecule has 3 rings (SSSR count). The number of carbonyl (C=O) groups excluding carboxylic acids is 1. The van der Waals surface area contributed by atoms with Gasteiger partial charge in [0, 0.05) is 73.9 Å². The molecule has 7 nitrogen and oxygen atoms in total. The number of nitrogens with one attached hydrogen (secondary N) is 4. The highest BCUT2D eigenvalue weighted by molar-refractivity contribution is 6.10. The molecule has 1 unspecified atom stereocenters. The van der Waals surface area contributed by atoms with Crippen molar-refractivity contribution >= 4 is 29.5 Å². The zero-order valence-electron chi connectivity index (χ0n) is 17.0.